The van der Waals surface area contributed by atoms with Gasteiger partial charge in [-0.3, -0.25) is 19.4 Å². The lowest BCUT2D eigenvalue weighted by molar-refractivity contribution is -0.124. The molecule has 2 N–H and O–H groups in total. The van der Waals surface area contributed by atoms with Crippen LogP contribution in [0.2, 0.25) is 0 Å². The minimum Gasteiger partial charge on any atom is -0.486 e. The van der Waals surface area contributed by atoms with Crippen LogP contribution in [0.1, 0.15) is 20.3 Å². The highest BCUT2D eigenvalue weighted by Gasteiger charge is 2.26. The van der Waals surface area contributed by atoms with Crippen LogP contribution in [0.4, 0.5) is 5.69 Å². The first-order valence-corrected chi connectivity index (χ1v) is 10.0. The number of carbonyl (C=O) groups is 2. The summed E-state index contributed by atoms with van der Waals surface area (Å²) < 4.78 is 11.1. The van der Waals surface area contributed by atoms with Crippen LogP contribution in [-0.2, 0) is 9.59 Å². The Bertz CT molecular complexity index is 689. The third-order valence-corrected chi connectivity index (χ3v) is 5.08. The van der Waals surface area contributed by atoms with Crippen LogP contribution in [0.15, 0.2) is 18.2 Å². The van der Waals surface area contributed by atoms with E-state index in [1.807, 2.05) is 26.0 Å². The standard InChI is InChI=1S/C20H30N4O4/c1-3-6-21-19(25)14-23-7-9-24(10-8-23)15(2)20(26)22-16-4-5-17-18(13-16)28-12-11-27-17/h4-5,13,15H,3,6-12,14H2,1-2H3,(H,21,25)(H,22,26)/t15-/m0/s1. The lowest BCUT2D eigenvalue weighted by Crippen LogP contribution is -2.54. The molecule has 2 aliphatic heterocycles. The van der Waals surface area contributed by atoms with Crippen LogP contribution >= 0.6 is 0 Å². The van der Waals surface area contributed by atoms with E-state index in [0.717, 1.165) is 39.1 Å². The number of hydrogen-bond acceptors (Lipinski definition) is 6. The van der Waals surface area contributed by atoms with Gasteiger partial charge < -0.3 is 20.1 Å². The zero-order valence-corrected chi connectivity index (χ0v) is 16.7. The number of nitrogens with one attached hydrogen (secondary N) is 2. The number of benzene rings is 1. The average Bonchev–Trinajstić information content (AvgIpc) is 2.72. The van der Waals surface area contributed by atoms with Gasteiger partial charge in [0, 0.05) is 44.5 Å². The Labute approximate surface area is 166 Å². The number of ether oxygens (including phenoxy) is 2. The summed E-state index contributed by atoms with van der Waals surface area (Å²) in [6.07, 6.45) is 0.940. The smallest absolute Gasteiger partial charge is 0.241 e. The van der Waals surface area contributed by atoms with Crippen molar-refractivity contribution >= 4 is 17.5 Å². The first-order chi connectivity index (χ1) is 13.6. The summed E-state index contributed by atoms with van der Waals surface area (Å²) >= 11 is 0. The lowest BCUT2D eigenvalue weighted by atomic mass is 10.2. The Kier molecular flexibility index (Phi) is 7.11. The van der Waals surface area contributed by atoms with Gasteiger partial charge in [-0.25, -0.2) is 0 Å². The van der Waals surface area contributed by atoms with E-state index in [1.54, 1.807) is 6.07 Å². The quantitative estimate of drug-likeness (QED) is 0.721. The van der Waals surface area contributed by atoms with E-state index >= 15 is 0 Å². The fourth-order valence-corrected chi connectivity index (χ4v) is 3.37. The molecule has 2 heterocycles. The lowest BCUT2D eigenvalue weighted by Gasteiger charge is -2.37. The van der Waals surface area contributed by atoms with Crippen molar-refractivity contribution in [3.05, 3.63) is 18.2 Å². The number of fused-ring (bicyclic) bond motifs is 1. The number of anilines is 1. The molecular weight excluding hydrogens is 360 g/mol. The first kappa shape index (κ1) is 20.4. The molecule has 1 atom stereocenters. The van der Waals surface area contributed by atoms with Crippen LogP contribution in [-0.4, -0.2) is 80.1 Å². The van der Waals surface area contributed by atoms with Crippen LogP contribution in [0, 0.1) is 0 Å². The highest BCUT2D eigenvalue weighted by Crippen LogP contribution is 2.32. The van der Waals surface area contributed by atoms with Crippen molar-refractivity contribution in [2.75, 3.05) is 57.8 Å². The number of piperazine rings is 1. The molecular formula is C20H30N4O4. The van der Waals surface area contributed by atoms with E-state index in [1.165, 1.54) is 0 Å². The maximum absolute atomic E-state index is 12.7. The SMILES string of the molecule is CCCNC(=O)CN1CCN([C@@H](C)C(=O)Nc2ccc3c(c2)OCCO3)CC1. The third kappa shape index (κ3) is 5.36. The summed E-state index contributed by atoms with van der Waals surface area (Å²) in [6.45, 7) is 9.23. The molecule has 0 bridgehead atoms. The average molecular weight is 390 g/mol. The summed E-state index contributed by atoms with van der Waals surface area (Å²) in [5.74, 6) is 1.38. The number of carbonyl (C=O) groups excluding carboxylic acids is 2. The Hall–Kier alpha value is -2.32. The first-order valence-electron chi connectivity index (χ1n) is 10.0. The summed E-state index contributed by atoms with van der Waals surface area (Å²) in [7, 11) is 0. The molecule has 8 nitrogen and oxygen atoms in total. The van der Waals surface area contributed by atoms with Crippen LogP contribution in [0.3, 0.4) is 0 Å². The van der Waals surface area contributed by atoms with Gasteiger partial charge >= 0.3 is 0 Å². The molecule has 3 rings (SSSR count). The van der Waals surface area contributed by atoms with Crippen molar-refractivity contribution in [1.82, 2.24) is 15.1 Å². The minimum absolute atomic E-state index is 0.0502. The van der Waals surface area contributed by atoms with Crippen molar-refractivity contribution in [1.29, 1.82) is 0 Å². The van der Waals surface area contributed by atoms with Gasteiger partial charge in [0.25, 0.3) is 0 Å². The van der Waals surface area contributed by atoms with Gasteiger partial charge in [-0.05, 0) is 25.5 Å². The van der Waals surface area contributed by atoms with Crippen LogP contribution in [0.5, 0.6) is 11.5 Å². The largest absolute Gasteiger partial charge is 0.486 e. The molecule has 154 valence electrons. The molecule has 0 spiro atoms. The van der Waals surface area contributed by atoms with Crippen molar-refractivity contribution in [2.24, 2.45) is 0 Å². The molecule has 0 radical (unpaired) electrons. The van der Waals surface area contributed by atoms with Crippen LogP contribution < -0.4 is 20.1 Å². The Morgan fingerprint density at radius 3 is 2.54 bits per heavy atom. The van der Waals surface area contributed by atoms with Gasteiger partial charge in [0.2, 0.25) is 11.8 Å². The molecule has 1 aromatic rings. The predicted octanol–water partition coefficient (Wildman–Crippen LogP) is 0.929. The maximum atomic E-state index is 12.7. The Morgan fingerprint density at radius 2 is 1.82 bits per heavy atom. The second-order valence-electron chi connectivity index (χ2n) is 7.19. The molecule has 0 aromatic heterocycles. The van der Waals surface area contributed by atoms with E-state index in [-0.39, 0.29) is 17.9 Å². The Morgan fingerprint density at radius 1 is 1.11 bits per heavy atom. The second-order valence-corrected chi connectivity index (χ2v) is 7.19. The third-order valence-electron chi connectivity index (χ3n) is 5.08. The zero-order chi connectivity index (χ0) is 19.9. The van der Waals surface area contributed by atoms with Crippen molar-refractivity contribution in [3.63, 3.8) is 0 Å². The normalized spacial score (nSPS) is 18.4. The molecule has 1 fully saturated rings. The highest BCUT2D eigenvalue weighted by atomic mass is 16.6. The molecule has 1 aromatic carbocycles. The van der Waals surface area contributed by atoms with E-state index < -0.39 is 0 Å². The topological polar surface area (TPSA) is 83.1 Å². The molecule has 2 amide bonds. The van der Waals surface area contributed by atoms with Gasteiger partial charge in [-0.2, -0.15) is 0 Å². The molecule has 0 aliphatic carbocycles. The maximum Gasteiger partial charge on any atom is 0.241 e. The molecule has 2 aliphatic rings. The molecule has 0 unspecified atom stereocenters. The summed E-state index contributed by atoms with van der Waals surface area (Å²) in [5.41, 5.74) is 0.701. The molecule has 8 heteroatoms. The number of amides is 2. The number of rotatable bonds is 7. The zero-order valence-electron chi connectivity index (χ0n) is 16.7. The molecule has 1 saturated heterocycles. The van der Waals surface area contributed by atoms with E-state index in [2.05, 4.69) is 20.4 Å². The number of hydrogen-bond donors (Lipinski definition) is 2. The van der Waals surface area contributed by atoms with Crippen LogP contribution in [0.25, 0.3) is 0 Å². The van der Waals surface area contributed by atoms with Gasteiger partial charge in [0.1, 0.15) is 13.2 Å². The second kappa shape index (κ2) is 9.75. The minimum atomic E-state index is -0.246. The van der Waals surface area contributed by atoms with Gasteiger partial charge in [-0.15, -0.1) is 0 Å². The fourth-order valence-electron chi connectivity index (χ4n) is 3.37. The number of nitrogens with zero attached hydrogens (tertiary/aromatic N) is 2. The summed E-state index contributed by atoms with van der Waals surface area (Å²) in [4.78, 5) is 28.8. The fraction of sp³-hybridized carbons (Fsp3) is 0.600. The van der Waals surface area contributed by atoms with Gasteiger partial charge in [0.05, 0.1) is 12.6 Å². The predicted molar refractivity (Wildman–Crippen MR) is 107 cm³/mol. The molecule has 28 heavy (non-hydrogen) atoms. The van der Waals surface area contributed by atoms with Crippen molar-refractivity contribution in [3.8, 4) is 11.5 Å². The summed E-state index contributed by atoms with van der Waals surface area (Å²) in [6, 6.07) is 5.19. The van der Waals surface area contributed by atoms with Crippen molar-refractivity contribution in [2.45, 2.75) is 26.3 Å². The van der Waals surface area contributed by atoms with Crippen molar-refractivity contribution < 1.29 is 19.1 Å². The van der Waals surface area contributed by atoms with Gasteiger partial charge in [-0.1, -0.05) is 6.92 Å². The Balaban J connectivity index is 1.46. The monoisotopic (exact) mass is 390 g/mol. The summed E-state index contributed by atoms with van der Waals surface area (Å²) in [5, 5.41) is 5.87. The highest BCUT2D eigenvalue weighted by molar-refractivity contribution is 5.94. The van der Waals surface area contributed by atoms with Gasteiger partial charge in [0.15, 0.2) is 11.5 Å². The van der Waals surface area contributed by atoms with E-state index in [9.17, 15) is 9.59 Å². The van der Waals surface area contributed by atoms with E-state index in [4.69, 9.17) is 9.47 Å². The van der Waals surface area contributed by atoms with E-state index in [0.29, 0.717) is 36.9 Å². The molecule has 0 saturated carbocycles.